The van der Waals surface area contributed by atoms with Crippen LogP contribution in [0.15, 0.2) is 23.7 Å². The van der Waals surface area contributed by atoms with Crippen LogP contribution in [0.25, 0.3) is 0 Å². The lowest BCUT2D eigenvalue weighted by molar-refractivity contribution is 0.0724. The van der Waals surface area contributed by atoms with E-state index in [-0.39, 0.29) is 23.2 Å². The minimum Gasteiger partial charge on any atom is -0.366 e. The minimum absolute atomic E-state index is 0.0473. The molecule has 2 N–H and O–H groups in total. The van der Waals surface area contributed by atoms with Gasteiger partial charge in [0.05, 0.1) is 11.6 Å². The first kappa shape index (κ1) is 14.6. The maximum atomic E-state index is 12.8. The molecule has 22 heavy (non-hydrogen) atoms. The van der Waals surface area contributed by atoms with E-state index in [9.17, 15) is 9.59 Å². The normalized spacial score (nSPS) is 17.7. The molecule has 7 heteroatoms. The number of nitrogens with two attached hydrogens (primary N) is 1. The number of nitrogens with zero attached hydrogens (tertiary/aromatic N) is 3. The molecule has 0 spiro atoms. The van der Waals surface area contributed by atoms with Gasteiger partial charge < -0.3 is 10.6 Å². The van der Waals surface area contributed by atoms with E-state index in [2.05, 4.69) is 9.97 Å². The lowest BCUT2D eigenvalue weighted by Crippen LogP contribution is -2.33. The molecule has 2 amide bonds. The first-order valence-electron chi connectivity index (χ1n) is 7.05. The molecule has 1 saturated heterocycles. The summed E-state index contributed by atoms with van der Waals surface area (Å²) in [6.45, 7) is 2.57. The summed E-state index contributed by atoms with van der Waals surface area (Å²) in [5.41, 5.74) is 6.58. The quantitative estimate of drug-likeness (QED) is 0.937. The summed E-state index contributed by atoms with van der Waals surface area (Å²) in [6.07, 6.45) is 3.28. The van der Waals surface area contributed by atoms with Crippen molar-refractivity contribution < 1.29 is 9.59 Å². The number of primary amides is 1. The van der Waals surface area contributed by atoms with Crippen LogP contribution < -0.4 is 5.73 Å². The van der Waals surface area contributed by atoms with Crippen LogP contribution in [0.3, 0.4) is 0 Å². The lowest BCUT2D eigenvalue weighted by atomic mass is 10.1. The van der Waals surface area contributed by atoms with Crippen LogP contribution >= 0.6 is 11.3 Å². The highest BCUT2D eigenvalue weighted by Crippen LogP contribution is 2.34. The molecule has 1 aliphatic heterocycles. The second-order valence-corrected chi connectivity index (χ2v) is 6.14. The average Bonchev–Trinajstić information content (AvgIpc) is 3.14. The zero-order valence-corrected chi connectivity index (χ0v) is 13.0. The minimum atomic E-state index is -0.641. The van der Waals surface area contributed by atoms with Gasteiger partial charge in [-0.25, -0.2) is 4.98 Å². The number of amides is 2. The Labute approximate surface area is 132 Å². The molecule has 0 saturated carbocycles. The van der Waals surface area contributed by atoms with Crippen LogP contribution in [0, 0.1) is 6.92 Å². The van der Waals surface area contributed by atoms with Gasteiger partial charge in [-0.2, -0.15) is 0 Å². The number of hydrogen-bond donors (Lipinski definition) is 1. The molecular formula is C15H16N4O2S. The predicted octanol–water partition coefficient (Wildman–Crippen LogP) is 1.92. The van der Waals surface area contributed by atoms with Crippen LogP contribution in [-0.2, 0) is 0 Å². The molecule has 3 rings (SSSR count). The van der Waals surface area contributed by atoms with Gasteiger partial charge >= 0.3 is 0 Å². The molecule has 0 aromatic carbocycles. The summed E-state index contributed by atoms with van der Waals surface area (Å²) < 4.78 is 0. The van der Waals surface area contributed by atoms with E-state index in [1.807, 2.05) is 12.3 Å². The van der Waals surface area contributed by atoms with Gasteiger partial charge in [0.1, 0.15) is 10.7 Å². The smallest absolute Gasteiger partial charge is 0.273 e. The van der Waals surface area contributed by atoms with Gasteiger partial charge in [-0.3, -0.25) is 14.6 Å². The molecule has 1 aliphatic rings. The Hall–Kier alpha value is -2.28. The standard InChI is InChI=1S/C15H16N4O2S/c1-9-8-22-14(18-9)11-5-3-7-19(11)15(21)12-10(13(16)20)4-2-6-17-12/h2,4,6,8,11H,3,5,7H2,1H3,(H2,16,20)/t11-/m1/s1. The van der Waals surface area contributed by atoms with E-state index >= 15 is 0 Å². The largest absolute Gasteiger partial charge is 0.366 e. The van der Waals surface area contributed by atoms with Crippen molar-refractivity contribution in [2.45, 2.75) is 25.8 Å². The Kier molecular flexibility index (Phi) is 3.89. The van der Waals surface area contributed by atoms with Crippen molar-refractivity contribution in [2.24, 2.45) is 5.73 Å². The summed E-state index contributed by atoms with van der Waals surface area (Å²) >= 11 is 1.56. The van der Waals surface area contributed by atoms with Crippen molar-refractivity contribution >= 4 is 23.2 Å². The van der Waals surface area contributed by atoms with Gasteiger partial charge in [0.25, 0.3) is 11.8 Å². The van der Waals surface area contributed by atoms with Crippen LogP contribution in [0.1, 0.15) is 50.4 Å². The van der Waals surface area contributed by atoms with Gasteiger partial charge in [-0.05, 0) is 31.9 Å². The van der Waals surface area contributed by atoms with E-state index in [4.69, 9.17) is 5.73 Å². The number of aryl methyl sites for hydroxylation is 1. The van der Waals surface area contributed by atoms with E-state index in [0.717, 1.165) is 23.5 Å². The van der Waals surface area contributed by atoms with E-state index in [0.29, 0.717) is 6.54 Å². The molecule has 6 nitrogen and oxygen atoms in total. The van der Waals surface area contributed by atoms with E-state index in [1.54, 1.807) is 22.3 Å². The number of carbonyl (C=O) groups is 2. The second-order valence-electron chi connectivity index (χ2n) is 5.25. The van der Waals surface area contributed by atoms with Crippen LogP contribution in [-0.4, -0.2) is 33.2 Å². The zero-order valence-electron chi connectivity index (χ0n) is 12.2. The molecule has 3 heterocycles. The fraction of sp³-hybridized carbons (Fsp3) is 0.333. The third-order valence-electron chi connectivity index (χ3n) is 3.71. The Bertz CT molecular complexity index is 728. The molecule has 114 valence electrons. The molecule has 0 aliphatic carbocycles. The van der Waals surface area contributed by atoms with Gasteiger partial charge in [-0.15, -0.1) is 11.3 Å². The number of pyridine rings is 1. The summed E-state index contributed by atoms with van der Waals surface area (Å²) in [6, 6.07) is 3.08. The Balaban J connectivity index is 1.93. The van der Waals surface area contributed by atoms with Crippen molar-refractivity contribution in [3.05, 3.63) is 45.7 Å². The summed E-state index contributed by atoms with van der Waals surface area (Å²) in [5.74, 6) is -0.901. The highest BCUT2D eigenvalue weighted by molar-refractivity contribution is 7.09. The zero-order chi connectivity index (χ0) is 15.7. The number of hydrogen-bond acceptors (Lipinski definition) is 5. The first-order chi connectivity index (χ1) is 10.6. The molecule has 0 radical (unpaired) electrons. The molecule has 0 bridgehead atoms. The van der Waals surface area contributed by atoms with Gasteiger partial charge in [0.15, 0.2) is 0 Å². The Morgan fingerprint density at radius 3 is 2.95 bits per heavy atom. The first-order valence-corrected chi connectivity index (χ1v) is 7.93. The number of carbonyl (C=O) groups excluding carboxylic acids is 2. The van der Waals surface area contributed by atoms with Crippen molar-refractivity contribution in [1.82, 2.24) is 14.9 Å². The second kappa shape index (κ2) is 5.84. The van der Waals surface area contributed by atoms with Gasteiger partial charge in [-0.1, -0.05) is 0 Å². The lowest BCUT2D eigenvalue weighted by Gasteiger charge is -2.23. The molecular weight excluding hydrogens is 300 g/mol. The monoisotopic (exact) mass is 316 g/mol. The highest BCUT2D eigenvalue weighted by atomic mass is 32.1. The van der Waals surface area contributed by atoms with Crippen LogP contribution in [0.2, 0.25) is 0 Å². The molecule has 1 fully saturated rings. The number of aromatic nitrogens is 2. The maximum absolute atomic E-state index is 12.8. The van der Waals surface area contributed by atoms with Gasteiger partial charge in [0.2, 0.25) is 0 Å². The third kappa shape index (κ3) is 2.59. The summed E-state index contributed by atoms with van der Waals surface area (Å²) in [4.78, 5) is 34.6. The Morgan fingerprint density at radius 1 is 1.45 bits per heavy atom. The van der Waals surface area contributed by atoms with Gasteiger partial charge in [0, 0.05) is 23.8 Å². The summed E-state index contributed by atoms with van der Waals surface area (Å²) in [7, 11) is 0. The molecule has 0 unspecified atom stereocenters. The molecule has 2 aromatic heterocycles. The molecule has 1 atom stereocenters. The van der Waals surface area contributed by atoms with Crippen molar-refractivity contribution in [2.75, 3.05) is 6.54 Å². The van der Waals surface area contributed by atoms with Crippen LogP contribution in [0.4, 0.5) is 0 Å². The van der Waals surface area contributed by atoms with Crippen molar-refractivity contribution in [1.29, 1.82) is 0 Å². The maximum Gasteiger partial charge on any atom is 0.273 e. The summed E-state index contributed by atoms with van der Waals surface area (Å²) in [5, 5.41) is 2.91. The number of rotatable bonds is 3. The topological polar surface area (TPSA) is 89.2 Å². The average molecular weight is 316 g/mol. The van der Waals surface area contributed by atoms with E-state index < -0.39 is 5.91 Å². The number of thiazole rings is 1. The van der Waals surface area contributed by atoms with Crippen LogP contribution in [0.5, 0.6) is 0 Å². The van der Waals surface area contributed by atoms with E-state index in [1.165, 1.54) is 12.3 Å². The predicted molar refractivity (Wildman–Crippen MR) is 82.6 cm³/mol. The van der Waals surface area contributed by atoms with Crippen molar-refractivity contribution in [3.8, 4) is 0 Å². The Morgan fingerprint density at radius 2 is 2.27 bits per heavy atom. The molecule has 2 aromatic rings. The SMILES string of the molecule is Cc1csc([C@H]2CCCN2C(=O)c2ncccc2C(N)=O)n1. The fourth-order valence-electron chi connectivity index (χ4n) is 2.70. The third-order valence-corrected chi connectivity index (χ3v) is 4.78. The fourth-order valence-corrected chi connectivity index (χ4v) is 3.65. The highest BCUT2D eigenvalue weighted by Gasteiger charge is 2.34. The van der Waals surface area contributed by atoms with Crippen molar-refractivity contribution in [3.63, 3.8) is 0 Å². The number of likely N-dealkylation sites (tertiary alicyclic amines) is 1.